The maximum atomic E-state index is 13.3. The van der Waals surface area contributed by atoms with Crippen LogP contribution in [0.15, 0.2) is 203 Å². The molecule has 3 atom stereocenters. The highest BCUT2D eigenvalue weighted by atomic mass is 32.2. The van der Waals surface area contributed by atoms with Crippen LogP contribution in [0, 0.1) is 0 Å². The molecule has 3 heterocycles. The number of carbonyl (C=O) groups excluding carboxylic acids is 6. The van der Waals surface area contributed by atoms with Crippen LogP contribution < -0.4 is 50.8 Å². The Morgan fingerprint density at radius 2 is 0.772 bits per heavy atom. The van der Waals surface area contributed by atoms with Crippen LogP contribution in [-0.2, 0) is 70.6 Å². The number of hydrogen-bond donors (Lipinski definition) is 5. The molecule has 0 saturated heterocycles. The number of nitrogens with two attached hydrogens (primary N) is 1. The second-order valence-corrected chi connectivity index (χ2v) is 24.9. The molecule has 476 valence electrons. The number of hydroxylamine groups is 1. The minimum absolute atomic E-state index is 0.0984. The van der Waals surface area contributed by atoms with E-state index in [-0.39, 0.29) is 47.9 Å². The van der Waals surface area contributed by atoms with Crippen molar-refractivity contribution in [2.45, 2.75) is 62.8 Å². The fraction of sp³-hybridized carbons (Fsp3) is 0.229. The summed E-state index contributed by atoms with van der Waals surface area (Å²) in [5.74, 6) is 0.351. The van der Waals surface area contributed by atoms with E-state index in [0.29, 0.717) is 49.4 Å². The van der Waals surface area contributed by atoms with Crippen LogP contribution >= 0.6 is 35.3 Å². The van der Waals surface area contributed by atoms with Crippen molar-refractivity contribution in [3.8, 4) is 17.2 Å². The second-order valence-electron chi connectivity index (χ2n) is 21.2. The largest absolute Gasteiger partial charge is 0.497 e. The van der Waals surface area contributed by atoms with Crippen molar-refractivity contribution in [2.24, 2.45) is 0 Å². The highest BCUT2D eigenvalue weighted by molar-refractivity contribution is 8.01. The number of ether oxygens (including phenoxy) is 5. The predicted octanol–water partition coefficient (Wildman–Crippen LogP) is 10.9. The Hall–Kier alpha value is -9.61. The van der Waals surface area contributed by atoms with Gasteiger partial charge in [0.1, 0.15) is 36.9 Å². The molecule has 3 aliphatic rings. The van der Waals surface area contributed by atoms with Gasteiger partial charge < -0.3 is 45.0 Å². The Kier molecular flexibility index (Phi) is 23.5. The van der Waals surface area contributed by atoms with Gasteiger partial charge in [0.25, 0.3) is 5.91 Å². The normalized spacial score (nSPS) is 15.3. The van der Waals surface area contributed by atoms with Crippen molar-refractivity contribution in [1.82, 2.24) is 5.48 Å². The lowest BCUT2D eigenvalue weighted by Crippen LogP contribution is -2.46. The number of carbonyl (C=O) groups is 6. The van der Waals surface area contributed by atoms with Gasteiger partial charge in [0, 0.05) is 44.8 Å². The lowest BCUT2D eigenvalue weighted by Gasteiger charge is -2.33. The third-order valence-electron chi connectivity index (χ3n) is 15.1. The number of nitrogens with one attached hydrogen (secondary N) is 3. The van der Waals surface area contributed by atoms with Crippen molar-refractivity contribution in [3.63, 3.8) is 0 Å². The highest BCUT2D eigenvalue weighted by Gasteiger charge is 2.38. The number of methoxy groups -OCH3 is 5. The van der Waals surface area contributed by atoms with Gasteiger partial charge in [-0.3, -0.25) is 43.8 Å². The molecule has 3 unspecified atom stereocenters. The average molecular weight is 1300 g/mol. The molecule has 3 aliphatic heterocycles. The van der Waals surface area contributed by atoms with Crippen LogP contribution in [0.4, 0.5) is 34.1 Å². The van der Waals surface area contributed by atoms with Gasteiger partial charge in [-0.25, -0.2) is 5.48 Å². The van der Waals surface area contributed by atoms with Crippen molar-refractivity contribution in [1.29, 1.82) is 0 Å². The van der Waals surface area contributed by atoms with E-state index >= 15 is 0 Å². The highest BCUT2D eigenvalue weighted by Crippen LogP contribution is 2.45. The van der Waals surface area contributed by atoms with Crippen LogP contribution in [0.3, 0.4) is 0 Å². The summed E-state index contributed by atoms with van der Waals surface area (Å²) in [6.45, 7) is 0.892. The zero-order chi connectivity index (χ0) is 65.1. The van der Waals surface area contributed by atoms with Crippen molar-refractivity contribution in [2.75, 3.05) is 86.3 Å². The van der Waals surface area contributed by atoms with Gasteiger partial charge in [-0.05, 0) is 138 Å². The first-order valence-electron chi connectivity index (χ1n) is 29.3. The number of nitrogen functional groups attached to an aromatic ring is 1. The molecule has 0 aromatic heterocycles. The van der Waals surface area contributed by atoms with Crippen molar-refractivity contribution >= 4 is 105 Å². The van der Waals surface area contributed by atoms with E-state index in [1.807, 2.05) is 152 Å². The molecular formula is C70H71N7O12S3. The quantitative estimate of drug-likeness (QED) is 0.0194. The van der Waals surface area contributed by atoms with Crippen LogP contribution in [0.5, 0.6) is 17.2 Å². The number of anilines is 6. The summed E-state index contributed by atoms with van der Waals surface area (Å²) in [6.07, 6.45) is 1.59. The molecule has 6 N–H and O–H groups in total. The molecule has 8 aromatic carbocycles. The first kappa shape index (κ1) is 66.8. The third-order valence-corrected chi connectivity index (χ3v) is 18.8. The monoisotopic (exact) mass is 1300 g/mol. The number of amides is 4. The fourth-order valence-electron chi connectivity index (χ4n) is 10.2. The standard InChI is InChI=1S/C26H26N2O4S.C25H25N3O4S.C19H20N2O4S/c1-31-21-11-8-18(9-12-21)14-24-26(30)28(17-25(29)32-2)22-13-10-20(15-23(22)33-24)27-16-19-6-4-3-5-7-19;1-32-20-10-7-17(8-11-20)13-23-25(30)28(16-24(29)27-31)21-12-9-19(14-22(21)33-23)26-15-18-5-3-2-4-6-18;1-24-14-6-3-12(4-7-14)9-17-19(23)21(11-18(22)25-2)15-8-5-13(20)10-16(15)26-17/h3-13,15,24,27H,14,16-17H2,1-2H3;2-12,14,23,26,31H,13,15-16H2,1H3,(H,27,29);3-8,10,17H,9,11,20H2,1-2H3. The Balaban J connectivity index is 0.000000164. The molecule has 0 radical (unpaired) electrons. The number of thioether (sulfide) groups is 3. The van der Waals surface area contributed by atoms with Gasteiger partial charge in [0.15, 0.2) is 0 Å². The molecule has 22 heteroatoms. The van der Waals surface area contributed by atoms with Crippen LogP contribution in [-0.4, -0.2) is 112 Å². The van der Waals surface area contributed by atoms with E-state index in [4.69, 9.17) is 34.6 Å². The van der Waals surface area contributed by atoms with Gasteiger partial charge in [0.05, 0.1) is 68.4 Å². The van der Waals surface area contributed by atoms with Crippen molar-refractivity contribution < 1.29 is 57.7 Å². The van der Waals surface area contributed by atoms with Gasteiger partial charge in [0.2, 0.25) is 17.7 Å². The maximum Gasteiger partial charge on any atom is 0.325 e. The molecule has 0 bridgehead atoms. The predicted molar refractivity (Wildman–Crippen MR) is 361 cm³/mol. The molecular weight excluding hydrogens is 1230 g/mol. The lowest BCUT2D eigenvalue weighted by atomic mass is 10.1. The lowest BCUT2D eigenvalue weighted by molar-refractivity contribution is -0.140. The van der Waals surface area contributed by atoms with Gasteiger partial charge in [-0.2, -0.15) is 0 Å². The molecule has 0 fully saturated rings. The summed E-state index contributed by atoms with van der Waals surface area (Å²) < 4.78 is 25.2. The SMILES string of the molecule is COC(=O)CN1C(=O)C(Cc2ccc(OC)cc2)Sc2cc(N)ccc21.COC(=O)CN1C(=O)C(Cc2ccc(OC)cc2)Sc2cc(NCc3ccccc3)ccc21.COc1ccc(CC2Sc3cc(NCc4ccccc4)ccc3N(CC(=O)NO)C2=O)cc1. The summed E-state index contributed by atoms with van der Waals surface area (Å²) >= 11 is 4.49. The summed E-state index contributed by atoms with van der Waals surface area (Å²) in [4.78, 5) is 82.5. The third kappa shape index (κ3) is 17.7. The van der Waals surface area contributed by atoms with Gasteiger partial charge in [-0.1, -0.05) is 97.1 Å². The second kappa shape index (κ2) is 32.4. The number of rotatable bonds is 21. The molecule has 8 aromatic rings. The molecule has 11 rings (SSSR count). The van der Waals surface area contributed by atoms with E-state index in [0.717, 1.165) is 71.3 Å². The van der Waals surface area contributed by atoms with Crippen LogP contribution in [0.25, 0.3) is 0 Å². The maximum absolute atomic E-state index is 13.3. The summed E-state index contributed by atoms with van der Waals surface area (Å²) in [5.41, 5.74) is 17.5. The number of esters is 2. The topological polar surface area (TPSA) is 241 Å². The van der Waals surface area contributed by atoms with Crippen molar-refractivity contribution in [3.05, 3.63) is 216 Å². The van der Waals surface area contributed by atoms with E-state index in [2.05, 4.69) is 34.9 Å². The summed E-state index contributed by atoms with van der Waals surface area (Å²) in [5, 5.41) is 14.8. The first-order valence-corrected chi connectivity index (χ1v) is 31.9. The number of nitrogens with zero attached hydrogens (tertiary/aromatic N) is 3. The Labute approximate surface area is 547 Å². The van der Waals surface area contributed by atoms with E-state index < -0.39 is 23.1 Å². The molecule has 4 amide bonds. The number of hydrogen-bond acceptors (Lipinski definition) is 18. The van der Waals surface area contributed by atoms with Gasteiger partial charge in [-0.15, -0.1) is 35.3 Å². The molecule has 0 aliphatic carbocycles. The molecule has 0 spiro atoms. The number of benzene rings is 8. The fourth-order valence-corrected chi connectivity index (χ4v) is 14.1. The smallest absolute Gasteiger partial charge is 0.325 e. The Morgan fingerprint density at radius 3 is 1.11 bits per heavy atom. The zero-order valence-corrected chi connectivity index (χ0v) is 53.8. The minimum Gasteiger partial charge on any atom is -0.497 e. The van der Waals surface area contributed by atoms with E-state index in [9.17, 15) is 28.8 Å². The number of fused-ring (bicyclic) bond motifs is 3. The summed E-state index contributed by atoms with van der Waals surface area (Å²) in [7, 11) is 7.49. The molecule has 19 nitrogen and oxygen atoms in total. The Bertz CT molecular complexity index is 3670. The van der Waals surface area contributed by atoms with Gasteiger partial charge >= 0.3 is 11.9 Å². The minimum atomic E-state index is -0.643. The molecule has 0 saturated carbocycles. The zero-order valence-electron chi connectivity index (χ0n) is 51.4. The Morgan fingerprint density at radius 1 is 0.435 bits per heavy atom. The van der Waals surface area contributed by atoms with E-state index in [1.165, 1.54) is 69.8 Å². The summed E-state index contributed by atoms with van der Waals surface area (Å²) in [6, 6.07) is 60.1. The average Bonchev–Trinajstić information content (AvgIpc) is 0.871. The first-order chi connectivity index (χ1) is 44.6. The van der Waals surface area contributed by atoms with E-state index in [1.54, 1.807) is 38.9 Å². The van der Waals surface area contributed by atoms with Crippen LogP contribution in [0.2, 0.25) is 0 Å². The van der Waals surface area contributed by atoms with Crippen LogP contribution in [0.1, 0.15) is 27.8 Å². The molecule has 92 heavy (non-hydrogen) atoms.